The second kappa shape index (κ2) is 14.2. The Labute approximate surface area is 223 Å². The summed E-state index contributed by atoms with van der Waals surface area (Å²) in [6.07, 6.45) is 4.02. The van der Waals surface area contributed by atoms with E-state index in [0.717, 1.165) is 35.1 Å². The lowest BCUT2D eigenvalue weighted by atomic mass is 10.1. The molecule has 0 heterocycles. The molecule has 0 spiro atoms. The van der Waals surface area contributed by atoms with Crippen LogP contribution in [0.5, 0.6) is 0 Å². The molecule has 2 amide bonds. The Hall–Kier alpha value is -2.87. The molecule has 37 heavy (non-hydrogen) atoms. The fourth-order valence-corrected chi connectivity index (χ4v) is 5.42. The normalized spacial score (nSPS) is 12.2. The smallest absolute Gasteiger partial charge is 0.242 e. The van der Waals surface area contributed by atoms with Gasteiger partial charge in [-0.05, 0) is 62.8 Å². The number of amides is 2. The van der Waals surface area contributed by atoms with Crippen LogP contribution in [0.2, 0.25) is 0 Å². The van der Waals surface area contributed by atoms with Crippen molar-refractivity contribution in [3.63, 3.8) is 0 Å². The van der Waals surface area contributed by atoms with Gasteiger partial charge in [0, 0.05) is 26.1 Å². The van der Waals surface area contributed by atoms with Crippen LogP contribution in [0.15, 0.2) is 42.5 Å². The van der Waals surface area contributed by atoms with Crippen LogP contribution in [0.3, 0.4) is 0 Å². The van der Waals surface area contributed by atoms with E-state index in [0.29, 0.717) is 31.6 Å². The number of nitrogens with zero attached hydrogens (tertiary/aromatic N) is 2. The Morgan fingerprint density at radius 1 is 0.973 bits per heavy atom. The molecule has 0 aliphatic heterocycles. The summed E-state index contributed by atoms with van der Waals surface area (Å²) in [5.74, 6) is -0.307. The van der Waals surface area contributed by atoms with Crippen LogP contribution in [0.4, 0.5) is 5.69 Å². The minimum absolute atomic E-state index is 0.140. The highest BCUT2D eigenvalue weighted by atomic mass is 32.2. The van der Waals surface area contributed by atoms with Gasteiger partial charge in [0.15, 0.2) is 0 Å². The molecular formula is C29H43N3O4S. The molecule has 2 aromatic rings. The molecule has 2 aromatic carbocycles. The van der Waals surface area contributed by atoms with E-state index in [-0.39, 0.29) is 24.8 Å². The van der Waals surface area contributed by atoms with E-state index in [1.807, 2.05) is 70.2 Å². The van der Waals surface area contributed by atoms with Crippen LogP contribution >= 0.6 is 0 Å². The van der Waals surface area contributed by atoms with Crippen molar-refractivity contribution in [3.8, 4) is 0 Å². The third-order valence-corrected chi connectivity index (χ3v) is 7.62. The van der Waals surface area contributed by atoms with Gasteiger partial charge in [0.25, 0.3) is 0 Å². The van der Waals surface area contributed by atoms with Crippen molar-refractivity contribution in [1.29, 1.82) is 0 Å². The summed E-state index contributed by atoms with van der Waals surface area (Å²) < 4.78 is 26.6. The molecule has 204 valence electrons. The molecule has 0 bridgehead atoms. The zero-order valence-electron chi connectivity index (χ0n) is 23.2. The lowest BCUT2D eigenvalue weighted by Gasteiger charge is -2.31. The Kier molecular flexibility index (Phi) is 11.6. The van der Waals surface area contributed by atoms with Gasteiger partial charge in [-0.3, -0.25) is 13.9 Å². The lowest BCUT2D eigenvalue weighted by Crippen LogP contribution is -2.49. The standard InChI is InChI=1S/C29H43N3O4S/c1-7-9-17-30-29(34)26(8-2)31(21-25-13-10-12-22(3)19-25)28(33)14-11-18-32(37(6,35)36)27-20-23(4)15-16-24(27)5/h10,12-13,15-16,19-20,26H,7-9,11,14,17-18,21H2,1-6H3,(H,30,34)/t26-/m1/s1. The molecule has 0 aliphatic rings. The van der Waals surface area contributed by atoms with E-state index >= 15 is 0 Å². The Morgan fingerprint density at radius 2 is 1.68 bits per heavy atom. The van der Waals surface area contributed by atoms with E-state index in [9.17, 15) is 18.0 Å². The van der Waals surface area contributed by atoms with Gasteiger partial charge in [0.2, 0.25) is 21.8 Å². The quantitative estimate of drug-likeness (QED) is 0.353. The molecule has 1 atom stereocenters. The zero-order valence-corrected chi connectivity index (χ0v) is 24.0. The highest BCUT2D eigenvalue weighted by Crippen LogP contribution is 2.25. The monoisotopic (exact) mass is 529 g/mol. The summed E-state index contributed by atoms with van der Waals surface area (Å²) in [7, 11) is -3.53. The third kappa shape index (κ3) is 9.18. The fourth-order valence-electron chi connectivity index (χ4n) is 4.40. The minimum Gasteiger partial charge on any atom is -0.354 e. The van der Waals surface area contributed by atoms with Crippen molar-refractivity contribution in [2.45, 2.75) is 79.3 Å². The van der Waals surface area contributed by atoms with Gasteiger partial charge in [0.05, 0.1) is 11.9 Å². The van der Waals surface area contributed by atoms with Crippen molar-refractivity contribution in [2.75, 3.05) is 23.7 Å². The Balaban J connectivity index is 2.23. The van der Waals surface area contributed by atoms with Crippen molar-refractivity contribution >= 4 is 27.5 Å². The molecule has 0 aromatic heterocycles. The molecule has 0 aliphatic carbocycles. The van der Waals surface area contributed by atoms with E-state index in [4.69, 9.17) is 0 Å². The predicted octanol–water partition coefficient (Wildman–Crippen LogP) is 4.88. The Bertz CT molecular complexity index is 1160. The van der Waals surface area contributed by atoms with Gasteiger partial charge in [-0.15, -0.1) is 0 Å². The summed E-state index contributed by atoms with van der Waals surface area (Å²) in [6, 6.07) is 13.0. The molecule has 0 saturated heterocycles. The zero-order chi connectivity index (χ0) is 27.6. The molecule has 8 heteroatoms. The van der Waals surface area contributed by atoms with E-state index < -0.39 is 16.1 Å². The van der Waals surface area contributed by atoms with Gasteiger partial charge < -0.3 is 10.2 Å². The van der Waals surface area contributed by atoms with Crippen LogP contribution in [-0.4, -0.2) is 50.5 Å². The number of nitrogens with one attached hydrogen (secondary N) is 1. The van der Waals surface area contributed by atoms with E-state index in [2.05, 4.69) is 12.2 Å². The highest BCUT2D eigenvalue weighted by Gasteiger charge is 2.29. The third-order valence-electron chi connectivity index (χ3n) is 6.44. The largest absolute Gasteiger partial charge is 0.354 e. The highest BCUT2D eigenvalue weighted by molar-refractivity contribution is 7.92. The number of carbonyl (C=O) groups is 2. The first kappa shape index (κ1) is 30.4. The first-order valence-corrected chi connectivity index (χ1v) is 15.0. The van der Waals surface area contributed by atoms with Crippen LogP contribution in [0.25, 0.3) is 0 Å². The van der Waals surface area contributed by atoms with Gasteiger partial charge >= 0.3 is 0 Å². The minimum atomic E-state index is -3.53. The van der Waals surface area contributed by atoms with Crippen molar-refractivity contribution in [2.24, 2.45) is 0 Å². The first-order valence-electron chi connectivity index (χ1n) is 13.2. The predicted molar refractivity (Wildman–Crippen MR) is 151 cm³/mol. The summed E-state index contributed by atoms with van der Waals surface area (Å²) in [6.45, 7) is 10.9. The number of unbranched alkanes of at least 4 members (excludes halogenated alkanes) is 1. The van der Waals surface area contributed by atoms with Crippen LogP contribution < -0.4 is 9.62 Å². The average molecular weight is 530 g/mol. The van der Waals surface area contributed by atoms with Crippen molar-refractivity contribution in [3.05, 3.63) is 64.7 Å². The maximum absolute atomic E-state index is 13.5. The second-order valence-electron chi connectivity index (χ2n) is 9.81. The molecule has 1 N–H and O–H groups in total. The lowest BCUT2D eigenvalue weighted by molar-refractivity contribution is -0.141. The first-order chi connectivity index (χ1) is 17.5. The van der Waals surface area contributed by atoms with Crippen LogP contribution in [0, 0.1) is 20.8 Å². The molecule has 0 unspecified atom stereocenters. The Morgan fingerprint density at radius 3 is 2.30 bits per heavy atom. The summed E-state index contributed by atoms with van der Waals surface area (Å²) >= 11 is 0. The van der Waals surface area contributed by atoms with E-state index in [1.165, 1.54) is 10.6 Å². The molecule has 7 nitrogen and oxygen atoms in total. The number of hydrogen-bond acceptors (Lipinski definition) is 4. The topological polar surface area (TPSA) is 86.8 Å². The number of rotatable bonds is 14. The SMILES string of the molecule is CCCCNC(=O)[C@@H](CC)N(Cc1cccc(C)c1)C(=O)CCCN(c1cc(C)ccc1C)S(C)(=O)=O. The van der Waals surface area contributed by atoms with Crippen molar-refractivity contribution in [1.82, 2.24) is 10.2 Å². The summed E-state index contributed by atoms with van der Waals surface area (Å²) in [5, 5.41) is 2.97. The molecule has 0 radical (unpaired) electrons. The number of sulfonamides is 1. The van der Waals surface area contributed by atoms with Gasteiger partial charge in [0.1, 0.15) is 6.04 Å². The fraction of sp³-hybridized carbons (Fsp3) is 0.517. The van der Waals surface area contributed by atoms with Crippen LogP contribution in [-0.2, 0) is 26.2 Å². The summed E-state index contributed by atoms with van der Waals surface area (Å²) in [5.41, 5.74) is 4.50. The second-order valence-corrected chi connectivity index (χ2v) is 11.7. The van der Waals surface area contributed by atoms with Gasteiger partial charge in [-0.25, -0.2) is 8.42 Å². The van der Waals surface area contributed by atoms with Gasteiger partial charge in [-0.1, -0.05) is 62.2 Å². The summed E-state index contributed by atoms with van der Waals surface area (Å²) in [4.78, 5) is 28.2. The number of anilines is 1. The number of aryl methyl sites for hydroxylation is 3. The van der Waals surface area contributed by atoms with Crippen molar-refractivity contribution < 1.29 is 18.0 Å². The molecule has 0 saturated carbocycles. The van der Waals surface area contributed by atoms with Gasteiger partial charge in [-0.2, -0.15) is 0 Å². The number of benzene rings is 2. The molecular weight excluding hydrogens is 486 g/mol. The number of hydrogen-bond donors (Lipinski definition) is 1. The van der Waals surface area contributed by atoms with E-state index in [1.54, 1.807) is 4.90 Å². The van der Waals surface area contributed by atoms with Crippen LogP contribution in [0.1, 0.15) is 68.2 Å². The maximum Gasteiger partial charge on any atom is 0.242 e. The average Bonchev–Trinajstić information content (AvgIpc) is 2.82. The molecule has 0 fully saturated rings. The molecule has 2 rings (SSSR count). The number of carbonyl (C=O) groups excluding carboxylic acids is 2. The maximum atomic E-state index is 13.5.